The second-order valence-electron chi connectivity index (χ2n) is 5.75. The lowest BCUT2D eigenvalue weighted by Gasteiger charge is -2.08. The van der Waals surface area contributed by atoms with E-state index in [1.54, 1.807) is 30.3 Å². The van der Waals surface area contributed by atoms with Gasteiger partial charge in [0.2, 0.25) is 0 Å². The lowest BCUT2D eigenvalue weighted by Crippen LogP contribution is -2.33. The summed E-state index contributed by atoms with van der Waals surface area (Å²) in [5.74, 6) is 5.41. The Hall–Kier alpha value is -2.12. The molecule has 0 radical (unpaired) electrons. The second-order valence-corrected chi connectivity index (χ2v) is 5.75. The summed E-state index contributed by atoms with van der Waals surface area (Å²) < 4.78 is 4.94. The molecule has 2 atom stereocenters. The van der Waals surface area contributed by atoms with Gasteiger partial charge in [0.25, 0.3) is 0 Å². The van der Waals surface area contributed by atoms with Gasteiger partial charge in [-0.15, -0.1) is 5.92 Å². The molecule has 23 heavy (non-hydrogen) atoms. The predicted molar refractivity (Wildman–Crippen MR) is 88.7 cm³/mol. The standard InChI is InChI=1S/C19H23NO3/c1-2-3-4-5-7-10-15-13-17(20-14-15)19(22)23-18(21)16-11-8-6-9-12-16/h6,8-9,11-12,15,17,20H,2-5,13-14H2,1H3/t15?,17-/m0/s1. The summed E-state index contributed by atoms with van der Waals surface area (Å²) in [5, 5.41) is 3.09. The van der Waals surface area contributed by atoms with Crippen LogP contribution < -0.4 is 5.32 Å². The Balaban J connectivity index is 1.77. The molecule has 1 unspecified atom stereocenters. The fourth-order valence-electron chi connectivity index (χ4n) is 2.50. The number of benzene rings is 1. The molecule has 1 N–H and O–H groups in total. The Kier molecular flexibility index (Phi) is 6.83. The molecule has 0 bridgehead atoms. The van der Waals surface area contributed by atoms with E-state index in [0.29, 0.717) is 18.5 Å². The number of carbonyl (C=O) groups is 2. The zero-order chi connectivity index (χ0) is 16.5. The molecule has 0 saturated carbocycles. The highest BCUT2D eigenvalue weighted by Gasteiger charge is 2.31. The quantitative estimate of drug-likeness (QED) is 0.393. The maximum Gasteiger partial charge on any atom is 0.345 e. The molecule has 1 aromatic carbocycles. The maximum atomic E-state index is 12.0. The molecule has 1 fully saturated rings. The van der Waals surface area contributed by atoms with Crippen LogP contribution in [0.5, 0.6) is 0 Å². The number of ether oxygens (including phenoxy) is 1. The van der Waals surface area contributed by atoms with Crippen LogP contribution in [0.1, 0.15) is 49.4 Å². The second kappa shape index (κ2) is 9.12. The normalized spacial score (nSPS) is 19.7. The van der Waals surface area contributed by atoms with Crippen molar-refractivity contribution in [1.29, 1.82) is 0 Å². The van der Waals surface area contributed by atoms with Gasteiger partial charge in [0.1, 0.15) is 6.04 Å². The molecule has 1 aliphatic rings. The van der Waals surface area contributed by atoms with Crippen LogP contribution in [0.3, 0.4) is 0 Å². The van der Waals surface area contributed by atoms with Crippen molar-refractivity contribution in [2.45, 2.75) is 45.1 Å². The van der Waals surface area contributed by atoms with Crippen LogP contribution in [0.2, 0.25) is 0 Å². The molecular formula is C19H23NO3. The Labute approximate surface area is 137 Å². The molecule has 0 aromatic heterocycles. The fraction of sp³-hybridized carbons (Fsp3) is 0.474. The van der Waals surface area contributed by atoms with Crippen LogP contribution >= 0.6 is 0 Å². The number of carbonyl (C=O) groups excluding carboxylic acids is 2. The van der Waals surface area contributed by atoms with E-state index in [1.165, 1.54) is 12.8 Å². The smallest absolute Gasteiger partial charge is 0.345 e. The Morgan fingerprint density at radius 2 is 2.04 bits per heavy atom. The summed E-state index contributed by atoms with van der Waals surface area (Å²) in [4.78, 5) is 23.9. The van der Waals surface area contributed by atoms with E-state index < -0.39 is 18.0 Å². The molecule has 4 nitrogen and oxygen atoms in total. The van der Waals surface area contributed by atoms with Gasteiger partial charge in [-0.05, 0) is 25.0 Å². The summed E-state index contributed by atoms with van der Waals surface area (Å²) >= 11 is 0. The molecule has 122 valence electrons. The molecule has 2 rings (SSSR count). The number of unbranched alkanes of at least 4 members (excludes halogenated alkanes) is 3. The SMILES string of the molecule is CCCCCC#CC1CN[C@H](C(=O)OC(=O)c2ccccc2)C1. The number of hydrogen-bond acceptors (Lipinski definition) is 4. The van der Waals surface area contributed by atoms with Crippen molar-refractivity contribution >= 4 is 11.9 Å². The molecule has 0 aliphatic carbocycles. The first-order valence-electron chi connectivity index (χ1n) is 8.23. The molecule has 0 amide bonds. The zero-order valence-electron chi connectivity index (χ0n) is 13.5. The molecule has 0 spiro atoms. The average Bonchev–Trinajstić information content (AvgIpc) is 3.04. The summed E-state index contributed by atoms with van der Waals surface area (Å²) in [6.07, 6.45) is 5.03. The van der Waals surface area contributed by atoms with Gasteiger partial charge in [-0.3, -0.25) is 0 Å². The minimum atomic E-state index is -0.605. The number of hydrogen-bond donors (Lipinski definition) is 1. The summed E-state index contributed by atoms with van der Waals surface area (Å²) in [7, 11) is 0. The highest BCUT2D eigenvalue weighted by molar-refractivity contribution is 5.98. The monoisotopic (exact) mass is 313 g/mol. The molecule has 4 heteroatoms. The first-order valence-corrected chi connectivity index (χ1v) is 8.23. The van der Waals surface area contributed by atoms with Crippen molar-refractivity contribution in [1.82, 2.24) is 5.32 Å². The first kappa shape index (κ1) is 17.2. The van der Waals surface area contributed by atoms with E-state index in [1.807, 2.05) is 0 Å². The van der Waals surface area contributed by atoms with Crippen LogP contribution in [0.25, 0.3) is 0 Å². The van der Waals surface area contributed by atoms with Crippen molar-refractivity contribution in [2.24, 2.45) is 5.92 Å². The van der Waals surface area contributed by atoms with Crippen LogP contribution in [-0.4, -0.2) is 24.5 Å². The lowest BCUT2D eigenvalue weighted by molar-refractivity contribution is -0.140. The van der Waals surface area contributed by atoms with Gasteiger partial charge in [0, 0.05) is 18.9 Å². The van der Waals surface area contributed by atoms with E-state index in [4.69, 9.17) is 4.74 Å². The minimum absolute atomic E-state index is 0.154. The summed E-state index contributed by atoms with van der Waals surface area (Å²) in [6, 6.07) is 8.08. The fourth-order valence-corrected chi connectivity index (χ4v) is 2.50. The van der Waals surface area contributed by atoms with Gasteiger partial charge >= 0.3 is 11.9 Å². The van der Waals surface area contributed by atoms with Gasteiger partial charge in [-0.25, -0.2) is 9.59 Å². The van der Waals surface area contributed by atoms with Gasteiger partial charge in [0.15, 0.2) is 0 Å². The summed E-state index contributed by atoms with van der Waals surface area (Å²) in [5.41, 5.74) is 0.381. The third-order valence-electron chi connectivity index (χ3n) is 3.83. The highest BCUT2D eigenvalue weighted by Crippen LogP contribution is 2.15. The van der Waals surface area contributed by atoms with Crippen LogP contribution in [0, 0.1) is 17.8 Å². The zero-order valence-corrected chi connectivity index (χ0v) is 13.5. The molecular weight excluding hydrogens is 290 g/mol. The van der Waals surface area contributed by atoms with E-state index in [9.17, 15) is 9.59 Å². The minimum Gasteiger partial charge on any atom is -0.388 e. The third-order valence-corrected chi connectivity index (χ3v) is 3.83. The van der Waals surface area contributed by atoms with Gasteiger partial charge < -0.3 is 10.1 Å². The Bertz CT molecular complexity index is 586. The van der Waals surface area contributed by atoms with Crippen molar-refractivity contribution in [3.05, 3.63) is 35.9 Å². The summed E-state index contributed by atoms with van der Waals surface area (Å²) in [6.45, 7) is 2.83. The van der Waals surface area contributed by atoms with E-state index in [-0.39, 0.29) is 5.92 Å². The number of esters is 2. The molecule has 1 aromatic rings. The molecule has 1 heterocycles. The molecule has 1 saturated heterocycles. The Morgan fingerprint density at radius 1 is 1.26 bits per heavy atom. The van der Waals surface area contributed by atoms with Crippen molar-refractivity contribution in [3.8, 4) is 11.8 Å². The van der Waals surface area contributed by atoms with Crippen molar-refractivity contribution < 1.29 is 14.3 Å². The van der Waals surface area contributed by atoms with Gasteiger partial charge in [-0.2, -0.15) is 0 Å². The first-order chi connectivity index (χ1) is 11.2. The van der Waals surface area contributed by atoms with E-state index in [2.05, 4.69) is 24.1 Å². The molecule has 1 aliphatic heterocycles. The number of nitrogens with one attached hydrogen (secondary N) is 1. The maximum absolute atomic E-state index is 12.0. The van der Waals surface area contributed by atoms with E-state index >= 15 is 0 Å². The van der Waals surface area contributed by atoms with Gasteiger partial charge in [-0.1, -0.05) is 43.9 Å². The highest BCUT2D eigenvalue weighted by atomic mass is 16.6. The third kappa shape index (κ3) is 5.54. The van der Waals surface area contributed by atoms with Crippen molar-refractivity contribution in [2.75, 3.05) is 6.54 Å². The van der Waals surface area contributed by atoms with Crippen LogP contribution in [-0.2, 0) is 9.53 Å². The topological polar surface area (TPSA) is 55.4 Å². The average molecular weight is 313 g/mol. The van der Waals surface area contributed by atoms with Crippen molar-refractivity contribution in [3.63, 3.8) is 0 Å². The van der Waals surface area contributed by atoms with Crippen LogP contribution in [0.4, 0.5) is 0 Å². The largest absolute Gasteiger partial charge is 0.388 e. The van der Waals surface area contributed by atoms with Gasteiger partial charge in [0.05, 0.1) is 5.56 Å². The van der Waals surface area contributed by atoms with Crippen LogP contribution in [0.15, 0.2) is 30.3 Å². The Morgan fingerprint density at radius 3 is 2.78 bits per heavy atom. The lowest BCUT2D eigenvalue weighted by atomic mass is 10.1. The van der Waals surface area contributed by atoms with E-state index in [0.717, 1.165) is 12.8 Å². The number of rotatable bonds is 5. The predicted octanol–water partition coefficient (Wildman–Crippen LogP) is 2.93.